The first-order chi connectivity index (χ1) is 10.7. The van der Waals surface area contributed by atoms with Gasteiger partial charge in [-0.25, -0.2) is 4.79 Å². The van der Waals surface area contributed by atoms with E-state index in [2.05, 4.69) is 22.2 Å². The summed E-state index contributed by atoms with van der Waals surface area (Å²) in [7, 11) is 2.11. The molecule has 2 aliphatic rings. The van der Waals surface area contributed by atoms with Gasteiger partial charge in [0.15, 0.2) is 0 Å². The molecule has 1 saturated carbocycles. The van der Waals surface area contributed by atoms with Gasteiger partial charge in [0, 0.05) is 32.2 Å². The molecule has 5 nitrogen and oxygen atoms in total. The Kier molecular flexibility index (Phi) is 4.95. The van der Waals surface area contributed by atoms with Gasteiger partial charge in [0.2, 0.25) is 0 Å². The fourth-order valence-corrected chi connectivity index (χ4v) is 2.99. The van der Waals surface area contributed by atoms with Crippen molar-refractivity contribution in [3.05, 3.63) is 35.9 Å². The first kappa shape index (κ1) is 15.3. The van der Waals surface area contributed by atoms with Crippen molar-refractivity contribution in [2.24, 2.45) is 0 Å². The van der Waals surface area contributed by atoms with Crippen molar-refractivity contribution in [1.29, 1.82) is 0 Å². The summed E-state index contributed by atoms with van der Waals surface area (Å²) in [6, 6.07) is 10.6. The van der Waals surface area contributed by atoms with E-state index in [0.717, 1.165) is 37.8 Å². The zero-order chi connectivity index (χ0) is 15.4. The normalized spacial score (nSPS) is 23.8. The minimum absolute atomic E-state index is 0.136. The van der Waals surface area contributed by atoms with Crippen LogP contribution in [0.25, 0.3) is 0 Å². The van der Waals surface area contributed by atoms with Crippen LogP contribution in [0.4, 0.5) is 4.79 Å². The molecule has 0 aromatic heterocycles. The number of hydrogen-bond acceptors (Lipinski definition) is 4. The van der Waals surface area contributed by atoms with E-state index < -0.39 is 0 Å². The zero-order valence-corrected chi connectivity index (χ0v) is 13.2. The van der Waals surface area contributed by atoms with Crippen LogP contribution in [0.1, 0.15) is 18.4 Å². The number of ether oxygens (including phenoxy) is 1. The largest absolute Gasteiger partial charge is 0.445 e. The number of alkyl carbamates (subject to hydrolysis) is 1. The van der Waals surface area contributed by atoms with Gasteiger partial charge in [-0.3, -0.25) is 4.90 Å². The van der Waals surface area contributed by atoms with Crippen molar-refractivity contribution >= 4 is 6.09 Å². The smallest absolute Gasteiger partial charge is 0.407 e. The lowest BCUT2D eigenvalue weighted by molar-refractivity contribution is 0.131. The van der Waals surface area contributed by atoms with Crippen molar-refractivity contribution in [2.45, 2.75) is 31.5 Å². The molecule has 120 valence electrons. The van der Waals surface area contributed by atoms with Crippen molar-refractivity contribution < 1.29 is 9.53 Å². The molecule has 1 aliphatic carbocycles. The van der Waals surface area contributed by atoms with Crippen LogP contribution < -0.4 is 5.32 Å². The quantitative estimate of drug-likeness (QED) is 0.919. The fraction of sp³-hybridized carbons (Fsp3) is 0.588. The number of rotatable bonds is 4. The van der Waals surface area contributed by atoms with E-state index in [0.29, 0.717) is 6.61 Å². The molecule has 0 bridgehead atoms. The summed E-state index contributed by atoms with van der Waals surface area (Å²) < 4.78 is 5.33. The van der Waals surface area contributed by atoms with E-state index in [1.807, 2.05) is 30.3 Å². The number of hydrogen-bond donors (Lipinski definition) is 1. The van der Waals surface area contributed by atoms with Gasteiger partial charge in [-0.2, -0.15) is 0 Å². The highest BCUT2D eigenvalue weighted by Gasteiger charge is 2.33. The van der Waals surface area contributed by atoms with Crippen LogP contribution in [-0.2, 0) is 11.3 Å². The Balaban J connectivity index is 1.48. The summed E-state index contributed by atoms with van der Waals surface area (Å²) in [6.45, 7) is 4.28. The van der Waals surface area contributed by atoms with Crippen molar-refractivity contribution in [2.75, 3.05) is 33.2 Å². The molecular formula is C17H25N3O2. The Bertz CT molecular complexity index is 490. The average molecular weight is 303 g/mol. The molecule has 1 amide bonds. The second kappa shape index (κ2) is 7.11. The van der Waals surface area contributed by atoms with Crippen molar-refractivity contribution in [3.8, 4) is 0 Å². The second-order valence-corrected chi connectivity index (χ2v) is 6.39. The molecule has 22 heavy (non-hydrogen) atoms. The third-order valence-electron chi connectivity index (χ3n) is 4.35. The number of carbonyl (C=O) groups is 1. The van der Waals surface area contributed by atoms with Gasteiger partial charge in [0.05, 0.1) is 6.04 Å². The van der Waals surface area contributed by atoms with Crippen LogP contribution in [0.15, 0.2) is 30.3 Å². The highest BCUT2D eigenvalue weighted by Crippen LogP contribution is 2.27. The van der Waals surface area contributed by atoms with Gasteiger partial charge in [-0.15, -0.1) is 0 Å². The van der Waals surface area contributed by atoms with Gasteiger partial charge in [0.1, 0.15) is 6.61 Å². The van der Waals surface area contributed by atoms with Gasteiger partial charge in [-0.05, 0) is 25.5 Å². The Morgan fingerprint density at radius 2 is 2.00 bits per heavy atom. The van der Waals surface area contributed by atoms with Gasteiger partial charge in [0.25, 0.3) is 0 Å². The fourth-order valence-electron chi connectivity index (χ4n) is 2.99. The summed E-state index contributed by atoms with van der Waals surface area (Å²) in [4.78, 5) is 16.8. The first-order valence-electron chi connectivity index (χ1n) is 8.10. The number of amides is 1. The number of nitrogens with one attached hydrogen (secondary N) is 1. The van der Waals surface area contributed by atoms with Crippen LogP contribution in [0.2, 0.25) is 0 Å². The molecule has 5 heteroatoms. The summed E-state index contributed by atoms with van der Waals surface area (Å²) >= 11 is 0. The summed E-state index contributed by atoms with van der Waals surface area (Å²) in [5, 5.41) is 3.03. The molecule has 1 heterocycles. The van der Waals surface area contributed by atoms with E-state index in [1.165, 1.54) is 12.8 Å². The Labute approximate surface area is 132 Å². The third kappa shape index (κ3) is 4.45. The number of likely N-dealkylation sites (N-methyl/N-ethyl adjacent to an activating group) is 1. The number of carbonyl (C=O) groups excluding carboxylic acids is 1. The minimum Gasteiger partial charge on any atom is -0.445 e. The van der Waals surface area contributed by atoms with Crippen molar-refractivity contribution in [1.82, 2.24) is 15.1 Å². The molecular weight excluding hydrogens is 278 g/mol. The molecule has 1 N–H and O–H groups in total. The van der Waals surface area contributed by atoms with Gasteiger partial charge >= 0.3 is 6.09 Å². The SMILES string of the molecule is CN1CCN(C2CC2)CC(NC(=O)OCc2ccccc2)C1. The zero-order valence-electron chi connectivity index (χ0n) is 13.2. The van der Waals surface area contributed by atoms with Crippen LogP contribution in [0.5, 0.6) is 0 Å². The first-order valence-corrected chi connectivity index (χ1v) is 8.10. The standard InChI is InChI=1S/C17H25N3O2/c1-19-9-10-20(16-7-8-16)12-15(11-19)18-17(21)22-13-14-5-3-2-4-6-14/h2-6,15-16H,7-13H2,1H3,(H,18,21). The maximum atomic E-state index is 12.0. The molecule has 0 radical (unpaired) electrons. The maximum Gasteiger partial charge on any atom is 0.407 e. The molecule has 1 atom stereocenters. The van der Waals surface area contributed by atoms with Crippen LogP contribution >= 0.6 is 0 Å². The van der Waals surface area contributed by atoms with E-state index in [4.69, 9.17) is 4.74 Å². The van der Waals surface area contributed by atoms with Gasteiger partial charge in [-0.1, -0.05) is 30.3 Å². The van der Waals surface area contributed by atoms with Crippen molar-refractivity contribution in [3.63, 3.8) is 0 Å². The van der Waals surface area contributed by atoms with E-state index >= 15 is 0 Å². The molecule has 0 spiro atoms. The highest BCUT2D eigenvalue weighted by molar-refractivity contribution is 5.67. The van der Waals surface area contributed by atoms with E-state index in [-0.39, 0.29) is 12.1 Å². The van der Waals surface area contributed by atoms with Gasteiger partial charge < -0.3 is 15.0 Å². The molecule has 1 aliphatic heterocycles. The molecule has 1 saturated heterocycles. The second-order valence-electron chi connectivity index (χ2n) is 6.39. The molecule has 3 rings (SSSR count). The van der Waals surface area contributed by atoms with E-state index in [1.54, 1.807) is 0 Å². The number of nitrogens with zero attached hydrogens (tertiary/aromatic N) is 2. The summed E-state index contributed by atoms with van der Waals surface area (Å²) in [6.07, 6.45) is 2.28. The monoisotopic (exact) mass is 303 g/mol. The maximum absolute atomic E-state index is 12.0. The Morgan fingerprint density at radius 1 is 1.23 bits per heavy atom. The average Bonchev–Trinajstić information content (AvgIpc) is 3.34. The molecule has 1 aromatic rings. The van der Waals surface area contributed by atoms with Crippen LogP contribution in [-0.4, -0.2) is 61.2 Å². The molecule has 1 aromatic carbocycles. The van der Waals surface area contributed by atoms with Crippen LogP contribution in [0.3, 0.4) is 0 Å². The summed E-state index contributed by atoms with van der Waals surface area (Å²) in [5.41, 5.74) is 1.01. The highest BCUT2D eigenvalue weighted by atomic mass is 16.5. The Morgan fingerprint density at radius 3 is 2.73 bits per heavy atom. The lowest BCUT2D eigenvalue weighted by Gasteiger charge is -2.24. The predicted octanol–water partition coefficient (Wildman–Crippen LogP) is 1.69. The third-order valence-corrected chi connectivity index (χ3v) is 4.35. The Hall–Kier alpha value is -1.59. The topological polar surface area (TPSA) is 44.8 Å². The number of benzene rings is 1. The lowest BCUT2D eigenvalue weighted by atomic mass is 10.2. The molecule has 2 fully saturated rings. The lowest BCUT2D eigenvalue weighted by Crippen LogP contribution is -2.46. The molecule has 1 unspecified atom stereocenters. The predicted molar refractivity (Wildman–Crippen MR) is 85.6 cm³/mol. The summed E-state index contributed by atoms with van der Waals surface area (Å²) in [5.74, 6) is 0. The minimum atomic E-state index is -0.320. The van der Waals surface area contributed by atoms with E-state index in [9.17, 15) is 4.79 Å². The van der Waals surface area contributed by atoms with Crippen LogP contribution in [0, 0.1) is 0 Å².